The summed E-state index contributed by atoms with van der Waals surface area (Å²) in [5.74, 6) is -0.950. The van der Waals surface area contributed by atoms with Crippen LogP contribution in [-0.4, -0.2) is 36.0 Å². The van der Waals surface area contributed by atoms with E-state index in [-0.39, 0.29) is 30.7 Å². The van der Waals surface area contributed by atoms with E-state index in [1.807, 2.05) is 6.92 Å². The highest BCUT2D eigenvalue weighted by Crippen LogP contribution is 2.44. The smallest absolute Gasteiger partial charge is 0.323 e. The van der Waals surface area contributed by atoms with Crippen molar-refractivity contribution in [3.8, 4) is 0 Å². The molecule has 0 amide bonds. The number of esters is 2. The van der Waals surface area contributed by atoms with Crippen molar-refractivity contribution in [3.05, 3.63) is 0 Å². The third-order valence-corrected chi connectivity index (χ3v) is 4.82. The van der Waals surface area contributed by atoms with Crippen LogP contribution in [0.5, 0.6) is 0 Å². The molecule has 0 spiro atoms. The molecule has 1 fully saturated rings. The maximum absolute atomic E-state index is 12.5. The fourth-order valence-corrected chi connectivity index (χ4v) is 3.74. The van der Waals surface area contributed by atoms with Gasteiger partial charge in [0.15, 0.2) is 10.5 Å². The van der Waals surface area contributed by atoms with E-state index in [0.29, 0.717) is 18.6 Å². The van der Waals surface area contributed by atoms with E-state index >= 15 is 0 Å². The SMILES string of the molecule is CCCCC(C(=O)OCC)(C(=O)OCC)C1CSC(=O)C1. The van der Waals surface area contributed by atoms with Gasteiger partial charge in [-0.1, -0.05) is 31.5 Å². The number of rotatable bonds is 8. The Morgan fingerprint density at radius 2 is 1.76 bits per heavy atom. The zero-order valence-electron chi connectivity index (χ0n) is 13.0. The maximum Gasteiger partial charge on any atom is 0.323 e. The minimum Gasteiger partial charge on any atom is -0.465 e. The Hall–Kier alpha value is -1.04. The number of carbonyl (C=O) groups excluding carboxylic acids is 3. The first kappa shape index (κ1) is 18.0. The first-order valence-electron chi connectivity index (χ1n) is 7.52. The summed E-state index contributed by atoms with van der Waals surface area (Å²) in [7, 11) is 0. The molecule has 1 rings (SSSR count). The average Bonchev–Trinajstić information content (AvgIpc) is 2.87. The second-order valence-corrected chi connectivity index (χ2v) is 6.18. The molecular formula is C15H24O5S. The van der Waals surface area contributed by atoms with Gasteiger partial charge in [-0.05, 0) is 20.3 Å². The highest BCUT2D eigenvalue weighted by atomic mass is 32.2. The van der Waals surface area contributed by atoms with Crippen LogP contribution in [0, 0.1) is 11.3 Å². The lowest BCUT2D eigenvalue weighted by atomic mass is 9.71. The van der Waals surface area contributed by atoms with Crippen LogP contribution in [0.3, 0.4) is 0 Å². The molecule has 1 unspecified atom stereocenters. The number of hydrogen-bond donors (Lipinski definition) is 0. The molecule has 0 aliphatic carbocycles. The normalized spacial score (nSPS) is 18.6. The van der Waals surface area contributed by atoms with Crippen molar-refractivity contribution >= 4 is 28.8 Å². The first-order valence-corrected chi connectivity index (χ1v) is 8.51. The molecule has 1 heterocycles. The number of carbonyl (C=O) groups is 3. The Labute approximate surface area is 130 Å². The van der Waals surface area contributed by atoms with Crippen molar-refractivity contribution in [1.82, 2.24) is 0 Å². The molecule has 0 radical (unpaired) electrons. The molecule has 1 atom stereocenters. The third-order valence-electron chi connectivity index (χ3n) is 3.76. The molecule has 21 heavy (non-hydrogen) atoms. The van der Waals surface area contributed by atoms with Crippen LogP contribution in [0.25, 0.3) is 0 Å². The quantitative estimate of drug-likeness (QED) is 0.506. The van der Waals surface area contributed by atoms with Crippen molar-refractivity contribution in [2.45, 2.75) is 46.5 Å². The van der Waals surface area contributed by atoms with Crippen molar-refractivity contribution in [1.29, 1.82) is 0 Å². The summed E-state index contributed by atoms with van der Waals surface area (Å²) in [4.78, 5) is 36.7. The third kappa shape index (κ3) is 3.99. The molecule has 0 N–H and O–H groups in total. The van der Waals surface area contributed by atoms with Crippen LogP contribution < -0.4 is 0 Å². The maximum atomic E-state index is 12.5. The summed E-state index contributed by atoms with van der Waals surface area (Å²) in [5, 5.41) is 0.0227. The molecule has 0 saturated carbocycles. The lowest BCUT2D eigenvalue weighted by molar-refractivity contribution is -0.177. The average molecular weight is 316 g/mol. The Morgan fingerprint density at radius 1 is 1.19 bits per heavy atom. The van der Waals surface area contributed by atoms with E-state index in [9.17, 15) is 14.4 Å². The molecule has 0 aromatic rings. The van der Waals surface area contributed by atoms with E-state index in [1.165, 1.54) is 11.8 Å². The molecule has 5 nitrogen and oxygen atoms in total. The summed E-state index contributed by atoms with van der Waals surface area (Å²) in [5.41, 5.74) is -1.33. The van der Waals surface area contributed by atoms with Crippen LogP contribution in [0.4, 0.5) is 0 Å². The lowest BCUT2D eigenvalue weighted by Crippen LogP contribution is -2.48. The second-order valence-electron chi connectivity index (χ2n) is 5.10. The lowest BCUT2D eigenvalue weighted by Gasteiger charge is -2.33. The van der Waals surface area contributed by atoms with Crippen LogP contribution in [-0.2, 0) is 23.9 Å². The largest absolute Gasteiger partial charge is 0.465 e. The summed E-state index contributed by atoms with van der Waals surface area (Å²) in [6.07, 6.45) is 2.17. The molecule has 1 aliphatic rings. The van der Waals surface area contributed by atoms with Gasteiger partial charge in [0.25, 0.3) is 0 Å². The van der Waals surface area contributed by atoms with E-state index in [2.05, 4.69) is 0 Å². The molecule has 1 saturated heterocycles. The van der Waals surface area contributed by atoms with Gasteiger partial charge in [0.05, 0.1) is 13.2 Å². The Morgan fingerprint density at radius 3 is 2.14 bits per heavy atom. The van der Waals surface area contributed by atoms with Crippen LogP contribution in [0.2, 0.25) is 0 Å². The van der Waals surface area contributed by atoms with Crippen LogP contribution >= 0.6 is 11.8 Å². The number of thioether (sulfide) groups is 1. The fraction of sp³-hybridized carbons (Fsp3) is 0.800. The van der Waals surface area contributed by atoms with E-state index in [4.69, 9.17) is 9.47 Å². The minimum absolute atomic E-state index is 0.0227. The van der Waals surface area contributed by atoms with E-state index in [1.54, 1.807) is 13.8 Å². The first-order chi connectivity index (χ1) is 10.0. The van der Waals surface area contributed by atoms with Crippen LogP contribution in [0.1, 0.15) is 46.5 Å². The summed E-state index contributed by atoms with van der Waals surface area (Å²) in [6, 6.07) is 0. The van der Waals surface area contributed by atoms with E-state index < -0.39 is 17.4 Å². The van der Waals surface area contributed by atoms with Gasteiger partial charge in [-0.2, -0.15) is 0 Å². The van der Waals surface area contributed by atoms with Gasteiger partial charge in [-0.15, -0.1) is 0 Å². The predicted molar refractivity (Wildman–Crippen MR) is 80.8 cm³/mol. The summed E-state index contributed by atoms with van der Waals surface area (Å²) < 4.78 is 10.3. The van der Waals surface area contributed by atoms with Crippen molar-refractivity contribution in [2.24, 2.45) is 11.3 Å². The topological polar surface area (TPSA) is 69.7 Å². The zero-order chi connectivity index (χ0) is 15.9. The monoisotopic (exact) mass is 316 g/mol. The van der Waals surface area contributed by atoms with Gasteiger partial charge in [0.2, 0.25) is 0 Å². The minimum atomic E-state index is -1.33. The van der Waals surface area contributed by atoms with Crippen molar-refractivity contribution in [2.75, 3.05) is 19.0 Å². The van der Waals surface area contributed by atoms with Crippen molar-refractivity contribution < 1.29 is 23.9 Å². The predicted octanol–water partition coefficient (Wildman–Crippen LogP) is 2.57. The van der Waals surface area contributed by atoms with Gasteiger partial charge < -0.3 is 9.47 Å². The fourth-order valence-electron chi connectivity index (χ4n) is 2.63. The van der Waals surface area contributed by atoms with E-state index in [0.717, 1.165) is 6.42 Å². The molecule has 6 heteroatoms. The summed E-state index contributed by atoms with van der Waals surface area (Å²) in [6.45, 7) is 5.83. The second kappa shape index (κ2) is 8.41. The number of ether oxygens (including phenoxy) is 2. The Kier molecular flexibility index (Phi) is 7.22. The summed E-state index contributed by atoms with van der Waals surface area (Å²) >= 11 is 1.18. The van der Waals surface area contributed by atoms with Crippen LogP contribution in [0.15, 0.2) is 0 Å². The Bertz CT molecular complexity index is 376. The highest BCUT2D eigenvalue weighted by molar-refractivity contribution is 8.14. The van der Waals surface area contributed by atoms with Gasteiger partial charge >= 0.3 is 11.9 Å². The molecular weight excluding hydrogens is 292 g/mol. The molecule has 0 aromatic heterocycles. The van der Waals surface area contributed by atoms with Gasteiger partial charge in [0, 0.05) is 18.1 Å². The van der Waals surface area contributed by atoms with Crippen molar-refractivity contribution in [3.63, 3.8) is 0 Å². The highest BCUT2D eigenvalue weighted by Gasteiger charge is 2.56. The van der Waals surface area contributed by atoms with Gasteiger partial charge in [-0.3, -0.25) is 14.4 Å². The standard InChI is InChI=1S/C15H24O5S/c1-4-7-8-15(13(17)19-5-2,14(18)20-6-3)11-9-12(16)21-10-11/h11H,4-10H2,1-3H3. The van der Waals surface area contributed by atoms with Gasteiger partial charge in [0.1, 0.15) is 0 Å². The molecule has 120 valence electrons. The molecule has 0 aromatic carbocycles. The number of unbranched alkanes of at least 4 members (excludes halogenated alkanes) is 1. The van der Waals surface area contributed by atoms with Gasteiger partial charge in [-0.25, -0.2) is 0 Å². The Balaban J connectivity index is 3.15. The molecule has 0 bridgehead atoms. The number of hydrogen-bond acceptors (Lipinski definition) is 6. The zero-order valence-corrected chi connectivity index (χ0v) is 13.8. The molecule has 1 aliphatic heterocycles.